The van der Waals surface area contributed by atoms with E-state index in [2.05, 4.69) is 110 Å². The van der Waals surface area contributed by atoms with Crippen molar-refractivity contribution in [2.24, 2.45) is 5.41 Å². The largest absolute Gasteiger partial charge is 0.301 e. The molecule has 4 aromatic rings. The quantitative estimate of drug-likeness (QED) is 0.243. The predicted molar refractivity (Wildman–Crippen MR) is 172 cm³/mol. The molecular formula is C39H38N2O2. The lowest BCUT2D eigenvalue weighted by molar-refractivity contribution is -0.134. The van der Waals surface area contributed by atoms with Gasteiger partial charge in [0, 0.05) is 36.2 Å². The summed E-state index contributed by atoms with van der Waals surface area (Å²) in [5.41, 5.74) is 5.15. The Labute approximate surface area is 254 Å². The zero-order chi connectivity index (χ0) is 29.5. The third-order valence-corrected chi connectivity index (χ3v) is 10.9. The lowest BCUT2D eigenvalue weighted by Gasteiger charge is -2.52. The Morgan fingerprint density at radius 2 is 1.51 bits per heavy atom. The van der Waals surface area contributed by atoms with Crippen molar-refractivity contribution < 1.29 is 9.59 Å². The lowest BCUT2D eigenvalue weighted by atomic mass is 9.54. The molecule has 3 aliphatic heterocycles. The first-order chi connectivity index (χ1) is 20.9. The molecule has 4 nitrogen and oxygen atoms in total. The molecule has 0 amide bonds. The van der Waals surface area contributed by atoms with Gasteiger partial charge in [-0.2, -0.15) is 0 Å². The van der Waals surface area contributed by atoms with E-state index in [9.17, 15) is 0 Å². The highest BCUT2D eigenvalue weighted by molar-refractivity contribution is 6.24. The van der Waals surface area contributed by atoms with Crippen LogP contribution in [-0.2, 0) is 10.3 Å². The van der Waals surface area contributed by atoms with Crippen LogP contribution in [-0.4, -0.2) is 54.1 Å². The maximum Gasteiger partial charge on any atom is 0.189 e. The number of rotatable bonds is 2. The molecule has 1 aliphatic carbocycles. The van der Waals surface area contributed by atoms with E-state index in [1.54, 1.807) is 0 Å². The number of hydrogen-bond donors (Lipinski definition) is 0. The van der Waals surface area contributed by atoms with Crippen LogP contribution in [0.1, 0.15) is 63.4 Å². The van der Waals surface area contributed by atoms with Crippen molar-refractivity contribution in [1.29, 1.82) is 0 Å². The molecule has 0 bridgehead atoms. The van der Waals surface area contributed by atoms with Gasteiger partial charge >= 0.3 is 0 Å². The molecule has 4 atom stereocenters. The molecule has 4 heteroatoms. The molecule has 43 heavy (non-hydrogen) atoms. The molecular weight excluding hydrogens is 528 g/mol. The minimum atomic E-state index is -1.06. The summed E-state index contributed by atoms with van der Waals surface area (Å²) in [6, 6.07) is 29.8. The topological polar surface area (TPSA) is 40.6 Å². The van der Waals surface area contributed by atoms with Crippen LogP contribution in [0.2, 0.25) is 0 Å². The summed E-state index contributed by atoms with van der Waals surface area (Å²) in [6.45, 7) is 6.13. The van der Waals surface area contributed by atoms with Crippen LogP contribution in [0, 0.1) is 19.3 Å². The average Bonchev–Trinajstić information content (AvgIpc) is 3.42. The normalized spacial score (nSPS) is 29.8. The molecule has 2 spiro atoms. The van der Waals surface area contributed by atoms with Crippen molar-refractivity contribution in [3.8, 4) is 0 Å². The molecule has 0 radical (unpaired) electrons. The lowest BCUT2D eigenvalue weighted by Crippen LogP contribution is -2.65. The fraction of sp³-hybridized carbons (Fsp3) is 0.333. The van der Waals surface area contributed by atoms with Crippen molar-refractivity contribution in [3.63, 3.8) is 0 Å². The van der Waals surface area contributed by atoms with Crippen molar-refractivity contribution in [2.75, 3.05) is 26.7 Å². The van der Waals surface area contributed by atoms with E-state index in [0.717, 1.165) is 58.8 Å². The molecule has 0 aromatic heterocycles. The van der Waals surface area contributed by atoms with E-state index in [-0.39, 0.29) is 23.5 Å². The number of hydrogen-bond acceptors (Lipinski definition) is 4. The summed E-state index contributed by atoms with van der Waals surface area (Å²) in [7, 11) is 2.13. The van der Waals surface area contributed by atoms with Gasteiger partial charge in [0.2, 0.25) is 0 Å². The minimum absolute atomic E-state index is 0.0982. The molecule has 1 unspecified atom stereocenters. The van der Waals surface area contributed by atoms with Gasteiger partial charge in [0.1, 0.15) is 5.54 Å². The van der Waals surface area contributed by atoms with Gasteiger partial charge < -0.3 is 4.90 Å². The Morgan fingerprint density at radius 1 is 0.814 bits per heavy atom. The first-order valence-corrected chi connectivity index (χ1v) is 15.8. The second-order valence-electron chi connectivity index (χ2n) is 13.4. The van der Waals surface area contributed by atoms with Gasteiger partial charge in [-0.15, -0.1) is 0 Å². The number of Topliss-reactive ketones (excluding diaryl/α,β-unsaturated/α-hetero) is 2. The number of ketones is 2. The van der Waals surface area contributed by atoms with Crippen LogP contribution in [0.4, 0.5) is 0 Å². The maximum absolute atomic E-state index is 15.7. The number of carbonyl (C=O) groups is 2. The van der Waals surface area contributed by atoms with Crippen molar-refractivity contribution >= 4 is 28.4 Å². The van der Waals surface area contributed by atoms with Gasteiger partial charge in [0.25, 0.3) is 0 Å². The molecule has 3 heterocycles. The molecule has 8 rings (SSSR count). The van der Waals surface area contributed by atoms with E-state index in [1.807, 2.05) is 12.1 Å². The Hall–Kier alpha value is -3.86. The Kier molecular flexibility index (Phi) is 5.95. The summed E-state index contributed by atoms with van der Waals surface area (Å²) in [4.78, 5) is 35.9. The number of likely N-dealkylation sites (N-methyl/N-ethyl adjacent to an activating group) is 1. The first-order valence-electron chi connectivity index (χ1n) is 15.8. The fourth-order valence-electron chi connectivity index (χ4n) is 9.38. The third-order valence-electron chi connectivity index (χ3n) is 10.9. The molecule has 0 saturated carbocycles. The molecule has 216 valence electrons. The maximum atomic E-state index is 15.7. The second kappa shape index (κ2) is 9.57. The number of nitrogens with zero attached hydrogens (tertiary/aromatic N) is 2. The number of carbonyl (C=O) groups excluding carboxylic acids is 2. The van der Waals surface area contributed by atoms with Gasteiger partial charge in [-0.05, 0) is 73.8 Å². The number of piperidine rings is 2. The highest BCUT2D eigenvalue weighted by Crippen LogP contribution is 2.69. The fourth-order valence-corrected chi connectivity index (χ4v) is 9.38. The van der Waals surface area contributed by atoms with E-state index in [0.29, 0.717) is 13.1 Å². The van der Waals surface area contributed by atoms with Gasteiger partial charge in [0.15, 0.2) is 11.6 Å². The number of benzene rings is 4. The molecule has 4 aromatic carbocycles. The number of fused-ring (bicyclic) bond motifs is 4. The summed E-state index contributed by atoms with van der Waals surface area (Å²) >= 11 is 0. The number of aryl methyl sites for hydroxylation is 2. The Morgan fingerprint density at radius 3 is 2.26 bits per heavy atom. The van der Waals surface area contributed by atoms with Crippen LogP contribution >= 0.6 is 0 Å². The Balaban J connectivity index is 1.46. The highest BCUT2D eigenvalue weighted by Gasteiger charge is 2.77. The smallest absolute Gasteiger partial charge is 0.189 e. The highest BCUT2D eigenvalue weighted by atomic mass is 16.1. The van der Waals surface area contributed by atoms with E-state index >= 15 is 9.59 Å². The zero-order valence-corrected chi connectivity index (χ0v) is 25.3. The van der Waals surface area contributed by atoms with E-state index < -0.39 is 11.0 Å². The molecule has 3 saturated heterocycles. The van der Waals surface area contributed by atoms with Crippen molar-refractivity contribution in [1.82, 2.24) is 9.80 Å². The average molecular weight is 567 g/mol. The van der Waals surface area contributed by atoms with Gasteiger partial charge in [-0.25, -0.2) is 0 Å². The summed E-state index contributed by atoms with van der Waals surface area (Å²) < 4.78 is 0. The summed E-state index contributed by atoms with van der Waals surface area (Å²) in [5, 5.41) is 2.11. The van der Waals surface area contributed by atoms with Gasteiger partial charge in [-0.1, -0.05) is 102 Å². The molecule has 3 fully saturated rings. The van der Waals surface area contributed by atoms with Crippen LogP contribution in [0.3, 0.4) is 0 Å². The monoisotopic (exact) mass is 566 g/mol. The third kappa shape index (κ3) is 3.51. The van der Waals surface area contributed by atoms with Crippen LogP contribution in [0.15, 0.2) is 90.5 Å². The molecule has 0 N–H and O–H groups in total. The predicted octanol–water partition coefficient (Wildman–Crippen LogP) is 7.08. The van der Waals surface area contributed by atoms with Crippen LogP contribution in [0.5, 0.6) is 0 Å². The van der Waals surface area contributed by atoms with Crippen LogP contribution < -0.4 is 0 Å². The first kappa shape index (κ1) is 26.7. The molecule has 4 aliphatic rings. The van der Waals surface area contributed by atoms with Gasteiger partial charge in [-0.3, -0.25) is 14.5 Å². The van der Waals surface area contributed by atoms with E-state index in [1.165, 1.54) is 16.7 Å². The number of likely N-dealkylation sites (tertiary alicyclic amines) is 1. The second-order valence-corrected chi connectivity index (χ2v) is 13.4. The van der Waals surface area contributed by atoms with Crippen molar-refractivity contribution in [3.05, 3.63) is 124 Å². The zero-order valence-electron chi connectivity index (χ0n) is 25.3. The SMILES string of the molecule is Cc1ccc(/C=C2\CN(C)CC3(C2=O)[C@@H](c2ccc(C)cc2)[C@@H]2CCCCN2[C@@]32C(=O)c3cccc4cccc2c34)cc1. The standard InChI is InChI=1S/C39H38N2O2/c1-25-13-17-27(18-14-25)22-30-23-40(3)24-38(36(30)42)35(29-19-15-26(2)16-20-29)33-12-4-5-21-41(33)39(38)32-11-7-9-28-8-6-10-31(34(28)32)37(39)43/h6-11,13-20,22,33,35H,4-5,12,21,23-24H2,1-3H3/b30-22+/t33-,35-,38?,39-/m0/s1. The van der Waals surface area contributed by atoms with Crippen molar-refractivity contribution in [2.45, 2.75) is 50.6 Å². The summed E-state index contributed by atoms with van der Waals surface area (Å²) in [5.74, 6) is 0.141. The van der Waals surface area contributed by atoms with E-state index in [4.69, 9.17) is 0 Å². The van der Waals surface area contributed by atoms with Gasteiger partial charge in [0.05, 0.1) is 5.41 Å². The van der Waals surface area contributed by atoms with Crippen LogP contribution in [0.25, 0.3) is 16.8 Å². The Bertz CT molecular complexity index is 1820. The minimum Gasteiger partial charge on any atom is -0.301 e. The summed E-state index contributed by atoms with van der Waals surface area (Å²) in [6.07, 6.45) is 5.21.